The van der Waals surface area contributed by atoms with Gasteiger partial charge in [-0.25, -0.2) is 14.8 Å². The second-order valence-electron chi connectivity index (χ2n) is 7.97. The number of aromatic carboxylic acids is 1. The van der Waals surface area contributed by atoms with Gasteiger partial charge in [-0.1, -0.05) is 12.1 Å². The van der Waals surface area contributed by atoms with Gasteiger partial charge in [0.25, 0.3) is 0 Å². The summed E-state index contributed by atoms with van der Waals surface area (Å²) in [6.45, 7) is 0. The number of rotatable bonds is 2. The van der Waals surface area contributed by atoms with E-state index in [1.54, 1.807) is 12.1 Å². The number of nitrogens with one attached hydrogen (secondary N) is 2. The van der Waals surface area contributed by atoms with E-state index >= 15 is 0 Å². The molecule has 1 aromatic carbocycles. The van der Waals surface area contributed by atoms with Crippen LogP contribution in [0.3, 0.4) is 0 Å². The van der Waals surface area contributed by atoms with Crippen LogP contribution in [0.15, 0.2) is 72.8 Å². The van der Waals surface area contributed by atoms with Gasteiger partial charge in [-0.05, 0) is 84.5 Å². The third kappa shape index (κ3) is 7.48. The molecule has 5 heterocycles. The summed E-state index contributed by atoms with van der Waals surface area (Å²) in [6.07, 6.45) is 6.01. The number of carbonyl (C=O) groups is 1. The third-order valence-corrected chi connectivity index (χ3v) is 5.61. The SMILES string of the molecule is O=C(O)c1ccc(C2=Cc3cc4ccc(cc5nc(cc6ccc(cc2n3)[nH]6)C=C5)[nH]4)cc1.[H-].[H-].[H-].[H-].[Na+].[Na+].[Na+].[Na+]. The summed E-state index contributed by atoms with van der Waals surface area (Å²) in [6, 6.07) is 22.9. The number of nitrogens with zero attached hydrogens (tertiary/aromatic N) is 2. The Morgan fingerprint density at radius 3 is 1.65 bits per heavy atom. The van der Waals surface area contributed by atoms with Crippen LogP contribution in [0, 0.1) is 0 Å². The van der Waals surface area contributed by atoms with E-state index in [0.29, 0.717) is 0 Å². The molecule has 0 amide bonds. The van der Waals surface area contributed by atoms with Gasteiger partial charge >= 0.3 is 124 Å². The number of hydrogen-bond donors (Lipinski definition) is 3. The maximum absolute atomic E-state index is 11.2. The fourth-order valence-corrected chi connectivity index (χ4v) is 4.04. The average molecular weight is 526 g/mol. The van der Waals surface area contributed by atoms with Gasteiger partial charge in [0.2, 0.25) is 0 Å². The molecule has 0 spiro atoms. The molecule has 2 aliphatic heterocycles. The molecule has 6 nitrogen and oxygen atoms in total. The van der Waals surface area contributed by atoms with E-state index in [4.69, 9.17) is 4.98 Å². The van der Waals surface area contributed by atoms with Gasteiger partial charge in [0.15, 0.2) is 0 Å². The van der Waals surface area contributed by atoms with Crippen LogP contribution in [-0.2, 0) is 0 Å². The molecular weight excluding hydrogens is 504 g/mol. The summed E-state index contributed by atoms with van der Waals surface area (Å²) in [7, 11) is 0. The standard InChI is InChI=1S/C27H18N4O2.4Na.4H/c32-27(33)17-3-1-16(2-4-17)25-14-24-13-22-8-7-20(29-22)11-18-5-6-19(28-18)12-21-9-10-23(30-21)15-26(25)31-24;;;;;;;;/h1-15,29-30H,(H,32,33);;;;;;;;/q;4*+1;4*-1. The van der Waals surface area contributed by atoms with Crippen LogP contribution in [0.4, 0.5) is 0 Å². The van der Waals surface area contributed by atoms with E-state index in [-0.39, 0.29) is 129 Å². The summed E-state index contributed by atoms with van der Waals surface area (Å²) < 4.78 is 0. The van der Waals surface area contributed by atoms with Gasteiger partial charge in [-0.2, -0.15) is 0 Å². The molecule has 6 rings (SSSR count). The van der Waals surface area contributed by atoms with Gasteiger partial charge in [0.1, 0.15) is 0 Å². The summed E-state index contributed by atoms with van der Waals surface area (Å²) in [4.78, 5) is 27.6. The Hall–Kier alpha value is -0.710. The minimum absolute atomic E-state index is 0. The van der Waals surface area contributed by atoms with E-state index in [1.165, 1.54) is 0 Å². The van der Waals surface area contributed by atoms with Crippen LogP contribution in [0.1, 0.15) is 44.4 Å². The maximum atomic E-state index is 11.2. The maximum Gasteiger partial charge on any atom is 1.00 e. The van der Waals surface area contributed by atoms with Gasteiger partial charge < -0.3 is 20.8 Å². The fourth-order valence-electron chi connectivity index (χ4n) is 4.04. The van der Waals surface area contributed by atoms with Crippen molar-refractivity contribution >= 4 is 51.8 Å². The van der Waals surface area contributed by atoms with Crippen molar-refractivity contribution in [2.24, 2.45) is 0 Å². The fraction of sp³-hybridized carbons (Fsp3) is 0. The Morgan fingerprint density at radius 2 is 1.14 bits per heavy atom. The molecule has 0 saturated carbocycles. The quantitative estimate of drug-likeness (QED) is 0.196. The predicted molar refractivity (Wildman–Crippen MR) is 135 cm³/mol. The van der Waals surface area contributed by atoms with Crippen LogP contribution < -0.4 is 118 Å². The summed E-state index contributed by atoms with van der Waals surface area (Å²) in [5.74, 6) is -0.943. The zero-order chi connectivity index (χ0) is 22.4. The number of hydrogen-bond acceptors (Lipinski definition) is 3. The number of fused-ring (bicyclic) bond motifs is 8. The first-order valence-corrected chi connectivity index (χ1v) is 10.5. The van der Waals surface area contributed by atoms with E-state index in [0.717, 1.165) is 56.0 Å². The van der Waals surface area contributed by atoms with Crippen molar-refractivity contribution in [2.75, 3.05) is 0 Å². The predicted octanol–water partition coefficient (Wildman–Crippen LogP) is -5.76. The molecule has 0 aliphatic carbocycles. The van der Waals surface area contributed by atoms with Crippen molar-refractivity contribution in [3.63, 3.8) is 0 Å². The van der Waals surface area contributed by atoms with E-state index in [1.807, 2.05) is 78.9 Å². The minimum atomic E-state index is -0.943. The molecule has 0 fully saturated rings. The number of aromatic nitrogens is 4. The van der Waals surface area contributed by atoms with Gasteiger partial charge in [0, 0.05) is 27.6 Å². The molecule has 0 saturated heterocycles. The van der Waals surface area contributed by atoms with Crippen LogP contribution in [0.5, 0.6) is 0 Å². The summed E-state index contributed by atoms with van der Waals surface area (Å²) in [5, 5.41) is 9.23. The van der Waals surface area contributed by atoms with E-state index in [2.05, 4.69) is 15.0 Å². The van der Waals surface area contributed by atoms with Crippen LogP contribution in [-0.4, -0.2) is 31.0 Å². The largest absolute Gasteiger partial charge is 1.00 e. The van der Waals surface area contributed by atoms with Crippen LogP contribution >= 0.6 is 0 Å². The van der Waals surface area contributed by atoms with Crippen molar-refractivity contribution in [1.29, 1.82) is 0 Å². The summed E-state index contributed by atoms with van der Waals surface area (Å²) >= 11 is 0. The molecular formula is C27H22N4Na4O2. The first-order chi connectivity index (χ1) is 16.1. The molecule has 10 heteroatoms. The van der Waals surface area contributed by atoms with Crippen LogP contribution in [0.25, 0.3) is 45.9 Å². The van der Waals surface area contributed by atoms with E-state index < -0.39 is 5.97 Å². The molecule has 37 heavy (non-hydrogen) atoms. The molecule has 0 atom stereocenters. The van der Waals surface area contributed by atoms with Gasteiger partial charge in [-0.3, -0.25) is 0 Å². The molecule has 166 valence electrons. The number of carboxylic acid groups (broad SMARTS) is 1. The molecule has 4 aromatic rings. The number of carboxylic acids is 1. The Kier molecular flexibility index (Phi) is 12.4. The molecule has 2 aliphatic rings. The first-order valence-electron chi connectivity index (χ1n) is 10.5. The Morgan fingerprint density at radius 1 is 0.649 bits per heavy atom. The van der Waals surface area contributed by atoms with Crippen LogP contribution in [0.2, 0.25) is 0 Å². The van der Waals surface area contributed by atoms with Gasteiger partial charge in [-0.15, -0.1) is 0 Å². The van der Waals surface area contributed by atoms with E-state index in [9.17, 15) is 9.90 Å². The van der Waals surface area contributed by atoms with Crippen molar-refractivity contribution in [3.8, 4) is 0 Å². The van der Waals surface area contributed by atoms with Crippen molar-refractivity contribution in [1.82, 2.24) is 19.9 Å². The second kappa shape index (κ2) is 14.1. The van der Waals surface area contributed by atoms with Crippen molar-refractivity contribution in [2.45, 2.75) is 0 Å². The topological polar surface area (TPSA) is 94.7 Å². The van der Waals surface area contributed by atoms with Gasteiger partial charge in [0.05, 0.1) is 28.3 Å². The zero-order valence-electron chi connectivity index (χ0n) is 25.4. The number of H-pyrrole nitrogens is 2. The van der Waals surface area contributed by atoms with Crippen molar-refractivity contribution in [3.05, 3.63) is 107 Å². The smallest absolute Gasteiger partial charge is 1.00 e. The molecule has 8 bridgehead atoms. The first kappa shape index (κ1) is 32.5. The third-order valence-electron chi connectivity index (χ3n) is 5.61. The van der Waals surface area contributed by atoms with Crippen molar-refractivity contribution < 1.29 is 134 Å². The minimum Gasteiger partial charge on any atom is -1.00 e. The molecule has 3 N–H and O–H groups in total. The Labute approximate surface area is 308 Å². The Bertz CT molecular complexity index is 1670. The molecule has 0 unspecified atom stereocenters. The normalized spacial score (nSPS) is 11.2. The monoisotopic (exact) mass is 526 g/mol. The summed E-state index contributed by atoms with van der Waals surface area (Å²) in [5.41, 5.74) is 9.24. The molecule has 0 radical (unpaired) electrons. The zero-order valence-corrected chi connectivity index (χ0v) is 29.4. The number of aromatic amines is 2. The Balaban J connectivity index is -0.00000180. The molecule has 3 aromatic heterocycles. The second-order valence-corrected chi connectivity index (χ2v) is 7.97. The average Bonchev–Trinajstić information content (AvgIpc) is 3.59. The number of benzene rings is 1.